The first-order valence-corrected chi connectivity index (χ1v) is 7.71. The smallest absolute Gasteiger partial charge is 0.229 e. The zero-order valence-electron chi connectivity index (χ0n) is 11.0. The highest BCUT2D eigenvalue weighted by atomic mass is 32.1. The summed E-state index contributed by atoms with van der Waals surface area (Å²) < 4.78 is 4.06. The summed E-state index contributed by atoms with van der Waals surface area (Å²) in [6, 6.07) is 3.21. The Morgan fingerprint density at radius 1 is 1.30 bits per heavy atom. The molecule has 0 unspecified atom stereocenters. The van der Waals surface area contributed by atoms with Crippen LogP contribution in [0.2, 0.25) is 0 Å². The SMILES string of the molecule is c1cc(N2C[C@H]3CC[C@@H](C2)N3)nc(Nc2cnsc2)n1. The molecule has 2 atom stereocenters. The Morgan fingerprint density at radius 3 is 2.90 bits per heavy atom. The lowest BCUT2D eigenvalue weighted by Gasteiger charge is -2.33. The van der Waals surface area contributed by atoms with Crippen LogP contribution in [0.5, 0.6) is 0 Å². The van der Waals surface area contributed by atoms with E-state index in [4.69, 9.17) is 0 Å². The van der Waals surface area contributed by atoms with Crippen LogP contribution in [0.3, 0.4) is 0 Å². The Hall–Kier alpha value is -1.73. The molecule has 2 saturated heterocycles. The summed E-state index contributed by atoms with van der Waals surface area (Å²) in [5, 5.41) is 8.76. The maximum atomic E-state index is 4.62. The van der Waals surface area contributed by atoms with E-state index in [0.717, 1.165) is 24.6 Å². The molecule has 2 N–H and O–H groups in total. The second kappa shape index (κ2) is 4.99. The number of piperazine rings is 1. The van der Waals surface area contributed by atoms with Crippen LogP contribution >= 0.6 is 11.5 Å². The van der Waals surface area contributed by atoms with Gasteiger partial charge in [0.2, 0.25) is 5.95 Å². The summed E-state index contributed by atoms with van der Waals surface area (Å²) in [5.41, 5.74) is 0.938. The zero-order valence-corrected chi connectivity index (χ0v) is 11.8. The normalized spacial score (nSPS) is 24.9. The van der Waals surface area contributed by atoms with Gasteiger partial charge in [0.1, 0.15) is 5.82 Å². The fraction of sp³-hybridized carbons (Fsp3) is 0.462. The minimum Gasteiger partial charge on any atom is -0.353 e. The van der Waals surface area contributed by atoms with Crippen molar-refractivity contribution in [3.8, 4) is 0 Å². The van der Waals surface area contributed by atoms with Crippen molar-refractivity contribution in [2.45, 2.75) is 24.9 Å². The highest BCUT2D eigenvalue weighted by molar-refractivity contribution is 7.04. The first kappa shape index (κ1) is 12.0. The minimum absolute atomic E-state index is 0.612. The van der Waals surface area contributed by atoms with Crippen LogP contribution in [0.15, 0.2) is 23.8 Å². The van der Waals surface area contributed by atoms with Gasteiger partial charge in [0.05, 0.1) is 11.9 Å². The Morgan fingerprint density at radius 2 is 2.15 bits per heavy atom. The molecule has 20 heavy (non-hydrogen) atoms. The van der Waals surface area contributed by atoms with Gasteiger partial charge in [-0.2, -0.15) is 9.36 Å². The van der Waals surface area contributed by atoms with Crippen molar-refractivity contribution >= 4 is 29.0 Å². The highest BCUT2D eigenvalue weighted by Crippen LogP contribution is 2.24. The van der Waals surface area contributed by atoms with E-state index in [0.29, 0.717) is 18.0 Å². The van der Waals surface area contributed by atoms with E-state index in [1.807, 2.05) is 17.6 Å². The second-order valence-corrected chi connectivity index (χ2v) is 5.98. The molecule has 0 aromatic carbocycles. The van der Waals surface area contributed by atoms with Crippen LogP contribution in [0.25, 0.3) is 0 Å². The molecule has 0 radical (unpaired) electrons. The Kier molecular flexibility index (Phi) is 3.00. The molecule has 0 amide bonds. The molecule has 2 fully saturated rings. The molecule has 0 aliphatic carbocycles. The van der Waals surface area contributed by atoms with Gasteiger partial charge in [0, 0.05) is 36.8 Å². The van der Waals surface area contributed by atoms with Crippen molar-refractivity contribution in [3.63, 3.8) is 0 Å². The van der Waals surface area contributed by atoms with Gasteiger partial charge < -0.3 is 15.5 Å². The maximum absolute atomic E-state index is 4.62. The van der Waals surface area contributed by atoms with Crippen molar-refractivity contribution in [1.29, 1.82) is 0 Å². The number of nitrogens with one attached hydrogen (secondary N) is 2. The largest absolute Gasteiger partial charge is 0.353 e. The van der Waals surface area contributed by atoms with E-state index in [9.17, 15) is 0 Å². The predicted octanol–water partition coefficient (Wildman–Crippen LogP) is 1.62. The lowest BCUT2D eigenvalue weighted by Crippen LogP contribution is -2.51. The van der Waals surface area contributed by atoms with Gasteiger partial charge >= 0.3 is 0 Å². The number of rotatable bonds is 3. The lowest BCUT2D eigenvalue weighted by molar-refractivity contribution is 0.463. The van der Waals surface area contributed by atoms with Crippen LogP contribution in [-0.4, -0.2) is 39.5 Å². The molecule has 4 heterocycles. The Labute approximate surface area is 121 Å². The molecular formula is C13H16N6S. The third-order valence-electron chi connectivity index (χ3n) is 3.87. The Bertz CT molecular complexity index is 574. The molecular weight excluding hydrogens is 272 g/mol. The quantitative estimate of drug-likeness (QED) is 0.894. The van der Waals surface area contributed by atoms with Gasteiger partial charge in [-0.3, -0.25) is 0 Å². The van der Waals surface area contributed by atoms with Gasteiger partial charge in [0.15, 0.2) is 0 Å². The third kappa shape index (κ3) is 2.34. The average Bonchev–Trinajstić information content (AvgIpc) is 3.09. The summed E-state index contributed by atoms with van der Waals surface area (Å²) >= 11 is 1.41. The van der Waals surface area contributed by atoms with Crippen molar-refractivity contribution in [2.75, 3.05) is 23.3 Å². The van der Waals surface area contributed by atoms with Gasteiger partial charge in [-0.1, -0.05) is 0 Å². The number of hydrogen-bond donors (Lipinski definition) is 2. The van der Waals surface area contributed by atoms with Crippen molar-refractivity contribution in [2.24, 2.45) is 0 Å². The fourth-order valence-electron chi connectivity index (χ4n) is 2.97. The predicted molar refractivity (Wildman–Crippen MR) is 79.6 cm³/mol. The molecule has 6 nitrogen and oxygen atoms in total. The lowest BCUT2D eigenvalue weighted by atomic mass is 10.2. The molecule has 4 rings (SSSR count). The first-order chi connectivity index (χ1) is 9.87. The number of fused-ring (bicyclic) bond motifs is 2. The van der Waals surface area contributed by atoms with Gasteiger partial charge in [0.25, 0.3) is 0 Å². The third-order valence-corrected chi connectivity index (χ3v) is 4.46. The summed E-state index contributed by atoms with van der Waals surface area (Å²) in [6.07, 6.45) is 6.15. The number of anilines is 3. The average molecular weight is 288 g/mol. The van der Waals surface area contributed by atoms with Gasteiger partial charge in [-0.15, -0.1) is 0 Å². The molecule has 2 bridgehead atoms. The van der Waals surface area contributed by atoms with Crippen LogP contribution in [0.4, 0.5) is 17.5 Å². The standard InChI is InChI=1S/C13H16N6S/c1-2-10-7-19(6-9(1)16-10)12-3-4-14-13(18-12)17-11-5-15-20-8-11/h3-5,8-10,16H,1-2,6-7H2,(H,14,17,18)/t9-,10+. The number of hydrogen-bond acceptors (Lipinski definition) is 7. The fourth-order valence-corrected chi connectivity index (χ4v) is 3.43. The topological polar surface area (TPSA) is 66.0 Å². The monoisotopic (exact) mass is 288 g/mol. The highest BCUT2D eigenvalue weighted by Gasteiger charge is 2.32. The van der Waals surface area contributed by atoms with Crippen LogP contribution in [0, 0.1) is 0 Å². The van der Waals surface area contributed by atoms with Crippen molar-refractivity contribution in [3.05, 3.63) is 23.8 Å². The van der Waals surface area contributed by atoms with Gasteiger partial charge in [-0.25, -0.2) is 4.98 Å². The Balaban J connectivity index is 1.53. The van der Waals surface area contributed by atoms with E-state index in [-0.39, 0.29) is 0 Å². The minimum atomic E-state index is 0.612. The van der Waals surface area contributed by atoms with E-state index in [1.165, 1.54) is 24.4 Å². The van der Waals surface area contributed by atoms with Crippen LogP contribution < -0.4 is 15.5 Å². The molecule has 2 aliphatic rings. The van der Waals surface area contributed by atoms with Crippen molar-refractivity contribution < 1.29 is 0 Å². The molecule has 2 aliphatic heterocycles. The van der Waals surface area contributed by atoms with E-state index in [2.05, 4.69) is 29.9 Å². The summed E-state index contributed by atoms with van der Waals surface area (Å²) in [7, 11) is 0. The molecule has 2 aromatic rings. The van der Waals surface area contributed by atoms with Gasteiger partial charge in [-0.05, 0) is 30.4 Å². The van der Waals surface area contributed by atoms with Crippen LogP contribution in [0.1, 0.15) is 12.8 Å². The molecule has 104 valence electrons. The molecule has 0 spiro atoms. The molecule has 2 aromatic heterocycles. The second-order valence-electron chi connectivity index (χ2n) is 5.32. The maximum Gasteiger partial charge on any atom is 0.229 e. The van der Waals surface area contributed by atoms with E-state index < -0.39 is 0 Å². The molecule has 7 heteroatoms. The summed E-state index contributed by atoms with van der Waals surface area (Å²) in [6.45, 7) is 2.07. The summed E-state index contributed by atoms with van der Waals surface area (Å²) in [5.74, 6) is 1.64. The number of nitrogens with zero attached hydrogens (tertiary/aromatic N) is 4. The van der Waals surface area contributed by atoms with Crippen molar-refractivity contribution in [1.82, 2.24) is 19.7 Å². The summed E-state index contributed by atoms with van der Waals surface area (Å²) in [4.78, 5) is 11.3. The van der Waals surface area contributed by atoms with E-state index in [1.54, 1.807) is 6.20 Å². The first-order valence-electron chi connectivity index (χ1n) is 6.87. The van der Waals surface area contributed by atoms with E-state index >= 15 is 0 Å². The number of aromatic nitrogens is 3. The van der Waals surface area contributed by atoms with Crippen LogP contribution in [-0.2, 0) is 0 Å². The molecule has 0 saturated carbocycles. The zero-order chi connectivity index (χ0) is 13.4.